The molecule has 68 valence electrons. The molecule has 6 nitrogen and oxygen atoms in total. The van der Waals surface area contributed by atoms with E-state index in [4.69, 9.17) is 0 Å². The topological polar surface area (TPSA) is 72.3 Å². The van der Waals surface area contributed by atoms with E-state index in [2.05, 4.69) is 25.5 Å². The minimum absolute atomic E-state index is 0.753. The zero-order valence-electron chi connectivity index (χ0n) is 7.01. The first-order valence-electron chi connectivity index (χ1n) is 3.67. The molecule has 0 saturated carbocycles. The van der Waals surface area contributed by atoms with E-state index in [1.165, 1.54) is 0 Å². The lowest BCUT2D eigenvalue weighted by molar-refractivity contribution is 0.729. The molecule has 0 aliphatic carbocycles. The van der Waals surface area contributed by atoms with Gasteiger partial charge in [0.1, 0.15) is 17.2 Å². The molecule has 0 spiro atoms. The van der Waals surface area contributed by atoms with Gasteiger partial charge >= 0.3 is 0 Å². The summed E-state index contributed by atoms with van der Waals surface area (Å²) in [5.41, 5.74) is 0. The number of hydrogen-bond acceptors (Lipinski definition) is 5. The molecule has 0 aliphatic heterocycles. The summed E-state index contributed by atoms with van der Waals surface area (Å²) in [4.78, 5) is 4.09. The fraction of sp³-hybridized carbons (Fsp3) is 0.333. The Bertz CT molecular complexity index is 366. The van der Waals surface area contributed by atoms with Crippen LogP contribution in [0, 0.1) is 0 Å². The van der Waals surface area contributed by atoms with Crippen LogP contribution in [0.25, 0.3) is 0 Å². The molecule has 1 N–H and O–H groups in total. The highest BCUT2D eigenvalue weighted by atomic mass is 32.2. The third kappa shape index (κ3) is 1.86. The summed E-state index contributed by atoms with van der Waals surface area (Å²) in [5.74, 6) is 1.68. The molecule has 0 amide bonds. The van der Waals surface area contributed by atoms with Crippen LogP contribution in [0.2, 0.25) is 0 Å². The first kappa shape index (κ1) is 8.24. The fourth-order valence-corrected chi connectivity index (χ4v) is 1.62. The predicted molar refractivity (Wildman–Crippen MR) is 46.9 cm³/mol. The predicted octanol–water partition coefficient (Wildman–Crippen LogP) is 0.225. The van der Waals surface area contributed by atoms with Gasteiger partial charge in [-0.1, -0.05) is 11.8 Å². The molecule has 0 radical (unpaired) electrons. The third-order valence-electron chi connectivity index (χ3n) is 1.55. The Morgan fingerprint density at radius 3 is 3.15 bits per heavy atom. The van der Waals surface area contributed by atoms with Crippen molar-refractivity contribution >= 4 is 11.8 Å². The van der Waals surface area contributed by atoms with Crippen molar-refractivity contribution in [1.82, 2.24) is 30.2 Å². The lowest BCUT2D eigenvalue weighted by Crippen LogP contribution is -1.97. The van der Waals surface area contributed by atoms with Crippen LogP contribution in [-0.4, -0.2) is 30.2 Å². The van der Waals surface area contributed by atoms with E-state index in [0.717, 1.165) is 16.6 Å². The van der Waals surface area contributed by atoms with Crippen LogP contribution in [-0.2, 0) is 12.8 Å². The van der Waals surface area contributed by atoms with Gasteiger partial charge in [-0.3, -0.25) is 4.68 Å². The van der Waals surface area contributed by atoms with Crippen LogP contribution < -0.4 is 0 Å². The minimum Gasteiger partial charge on any atom is -0.252 e. The van der Waals surface area contributed by atoms with Crippen LogP contribution >= 0.6 is 11.8 Å². The summed E-state index contributed by atoms with van der Waals surface area (Å²) in [6, 6.07) is 0. The van der Waals surface area contributed by atoms with Crippen molar-refractivity contribution in [3.05, 3.63) is 18.3 Å². The van der Waals surface area contributed by atoms with E-state index < -0.39 is 0 Å². The minimum atomic E-state index is 0.753. The number of aromatic nitrogens is 6. The highest BCUT2D eigenvalue weighted by Gasteiger charge is 2.02. The number of rotatable bonds is 3. The Kier molecular flexibility index (Phi) is 2.26. The molecule has 0 fully saturated rings. The average Bonchev–Trinajstić information content (AvgIpc) is 2.72. The quantitative estimate of drug-likeness (QED) is 0.711. The molecule has 2 aromatic rings. The van der Waals surface area contributed by atoms with Crippen molar-refractivity contribution in [3.8, 4) is 0 Å². The van der Waals surface area contributed by atoms with Gasteiger partial charge in [0.2, 0.25) is 0 Å². The molecule has 0 aromatic carbocycles. The first-order valence-corrected chi connectivity index (χ1v) is 4.66. The Balaban J connectivity index is 1.97. The SMILES string of the molecule is Cn1ncnc1CSc1cn[nH]n1. The van der Waals surface area contributed by atoms with Crippen molar-refractivity contribution in [2.75, 3.05) is 0 Å². The second-order valence-electron chi connectivity index (χ2n) is 2.40. The van der Waals surface area contributed by atoms with Crippen LogP contribution in [0.3, 0.4) is 0 Å². The molecule has 2 heterocycles. The van der Waals surface area contributed by atoms with Crippen molar-refractivity contribution in [1.29, 1.82) is 0 Å². The zero-order valence-corrected chi connectivity index (χ0v) is 7.82. The van der Waals surface area contributed by atoms with Gasteiger partial charge in [0, 0.05) is 7.05 Å². The Morgan fingerprint density at radius 2 is 2.54 bits per heavy atom. The number of nitrogens with zero attached hydrogens (tertiary/aromatic N) is 5. The van der Waals surface area contributed by atoms with E-state index in [1.54, 1.807) is 29.0 Å². The van der Waals surface area contributed by atoms with E-state index in [-0.39, 0.29) is 0 Å². The van der Waals surface area contributed by atoms with Gasteiger partial charge in [-0.2, -0.15) is 15.4 Å². The monoisotopic (exact) mass is 196 g/mol. The molecule has 0 saturated heterocycles. The molecule has 2 aromatic heterocycles. The average molecular weight is 196 g/mol. The van der Waals surface area contributed by atoms with Gasteiger partial charge in [-0.15, -0.1) is 5.10 Å². The van der Waals surface area contributed by atoms with Crippen molar-refractivity contribution in [2.24, 2.45) is 7.05 Å². The molecule has 0 unspecified atom stereocenters. The van der Waals surface area contributed by atoms with Crippen LogP contribution in [0.15, 0.2) is 17.6 Å². The molecule has 13 heavy (non-hydrogen) atoms. The van der Waals surface area contributed by atoms with Crippen LogP contribution in [0.4, 0.5) is 0 Å². The Morgan fingerprint density at radius 1 is 1.62 bits per heavy atom. The molecule has 0 aliphatic rings. The third-order valence-corrected chi connectivity index (χ3v) is 2.44. The van der Waals surface area contributed by atoms with E-state index in [1.807, 2.05) is 7.05 Å². The highest BCUT2D eigenvalue weighted by molar-refractivity contribution is 7.98. The van der Waals surface area contributed by atoms with Crippen molar-refractivity contribution < 1.29 is 0 Å². The Hall–Kier alpha value is -1.37. The van der Waals surface area contributed by atoms with E-state index >= 15 is 0 Å². The molecule has 2 rings (SSSR count). The van der Waals surface area contributed by atoms with E-state index in [0.29, 0.717) is 0 Å². The number of thioether (sulfide) groups is 1. The summed E-state index contributed by atoms with van der Waals surface area (Å²) in [5, 5.41) is 15.0. The maximum atomic E-state index is 4.09. The van der Waals surface area contributed by atoms with Gasteiger partial charge in [0.05, 0.1) is 11.9 Å². The summed E-state index contributed by atoms with van der Waals surface area (Å²) in [7, 11) is 1.87. The standard InChI is InChI=1S/C6H8N6S/c1-12-5(7-4-9-12)3-13-6-2-8-11-10-6/h2,4H,3H2,1H3,(H,8,10,11). The maximum Gasteiger partial charge on any atom is 0.139 e. The number of hydrogen-bond donors (Lipinski definition) is 1. The molecule has 7 heteroatoms. The first-order chi connectivity index (χ1) is 6.36. The lowest BCUT2D eigenvalue weighted by Gasteiger charge is -1.96. The number of aryl methyl sites for hydroxylation is 1. The fourth-order valence-electron chi connectivity index (χ4n) is 0.850. The molecule has 0 bridgehead atoms. The second-order valence-corrected chi connectivity index (χ2v) is 3.39. The van der Waals surface area contributed by atoms with Crippen LogP contribution in [0.5, 0.6) is 0 Å². The second kappa shape index (κ2) is 3.56. The Labute approximate surface area is 78.8 Å². The number of nitrogens with one attached hydrogen (secondary N) is 1. The van der Waals surface area contributed by atoms with Crippen molar-refractivity contribution in [3.63, 3.8) is 0 Å². The lowest BCUT2D eigenvalue weighted by atomic mass is 10.7. The van der Waals surface area contributed by atoms with Gasteiger partial charge < -0.3 is 0 Å². The van der Waals surface area contributed by atoms with Crippen LogP contribution in [0.1, 0.15) is 5.82 Å². The molecular formula is C6H8N6S. The summed E-state index contributed by atoms with van der Waals surface area (Å²) >= 11 is 1.57. The van der Waals surface area contributed by atoms with Gasteiger partial charge in [0.15, 0.2) is 0 Å². The molecule has 0 atom stereocenters. The van der Waals surface area contributed by atoms with Crippen molar-refractivity contribution in [2.45, 2.75) is 10.8 Å². The zero-order chi connectivity index (χ0) is 9.10. The summed E-state index contributed by atoms with van der Waals surface area (Å²) in [6.45, 7) is 0. The van der Waals surface area contributed by atoms with Gasteiger partial charge in [-0.25, -0.2) is 4.98 Å². The van der Waals surface area contributed by atoms with Gasteiger partial charge in [0.25, 0.3) is 0 Å². The normalized spacial score (nSPS) is 10.5. The number of H-pyrrole nitrogens is 1. The largest absolute Gasteiger partial charge is 0.252 e. The maximum absolute atomic E-state index is 4.09. The summed E-state index contributed by atoms with van der Waals surface area (Å²) < 4.78 is 1.74. The van der Waals surface area contributed by atoms with Gasteiger partial charge in [-0.05, 0) is 0 Å². The van der Waals surface area contributed by atoms with E-state index in [9.17, 15) is 0 Å². The molecular weight excluding hydrogens is 188 g/mol. The number of aromatic amines is 1. The highest BCUT2D eigenvalue weighted by Crippen LogP contribution is 2.17. The smallest absolute Gasteiger partial charge is 0.139 e. The summed E-state index contributed by atoms with van der Waals surface area (Å²) in [6.07, 6.45) is 3.22.